The molecule has 0 aliphatic heterocycles. The van der Waals surface area contributed by atoms with Crippen LogP contribution >= 0.6 is 0 Å². The molecule has 0 saturated carbocycles. The summed E-state index contributed by atoms with van der Waals surface area (Å²) in [5.74, 6) is 0.871. The van der Waals surface area contributed by atoms with Gasteiger partial charge in [-0.05, 0) is 62.4 Å². The number of benzene rings is 2. The minimum Gasteiger partial charge on any atom is -0.494 e. The molecule has 0 aliphatic carbocycles. The third-order valence-electron chi connectivity index (χ3n) is 3.89. The number of hydrogen-bond acceptors (Lipinski definition) is 6. The van der Waals surface area contributed by atoms with Gasteiger partial charge in [0, 0.05) is 23.0 Å². The first-order valence-corrected chi connectivity index (χ1v) is 8.79. The van der Waals surface area contributed by atoms with E-state index in [1.54, 1.807) is 54.6 Å². The van der Waals surface area contributed by atoms with Crippen molar-refractivity contribution >= 4 is 28.9 Å². The second kappa shape index (κ2) is 8.77. The van der Waals surface area contributed by atoms with Crippen molar-refractivity contribution in [3.63, 3.8) is 0 Å². The third kappa shape index (κ3) is 4.91. The SMILES string of the molecule is CCOc1ccc(NC(=O)c2cc(Nc3ccc(C(C)=O)cc3)ncn2)cc1. The molecule has 0 atom stereocenters. The molecule has 0 aliphatic rings. The van der Waals surface area contributed by atoms with E-state index in [-0.39, 0.29) is 17.4 Å². The Balaban J connectivity index is 1.68. The maximum atomic E-state index is 12.5. The fourth-order valence-corrected chi connectivity index (χ4v) is 2.48. The Morgan fingerprint density at radius 1 is 0.964 bits per heavy atom. The van der Waals surface area contributed by atoms with E-state index in [4.69, 9.17) is 4.74 Å². The molecule has 1 amide bonds. The molecule has 0 unspecified atom stereocenters. The summed E-state index contributed by atoms with van der Waals surface area (Å²) in [7, 11) is 0. The average molecular weight is 376 g/mol. The number of carbonyl (C=O) groups excluding carboxylic acids is 2. The monoisotopic (exact) mass is 376 g/mol. The smallest absolute Gasteiger partial charge is 0.274 e. The van der Waals surface area contributed by atoms with Crippen molar-refractivity contribution in [1.29, 1.82) is 0 Å². The molecule has 1 aromatic heterocycles. The molecule has 142 valence electrons. The zero-order valence-electron chi connectivity index (χ0n) is 15.6. The van der Waals surface area contributed by atoms with Crippen LogP contribution in [0.5, 0.6) is 5.75 Å². The van der Waals surface area contributed by atoms with Crippen molar-refractivity contribution in [2.45, 2.75) is 13.8 Å². The number of ketones is 1. The van der Waals surface area contributed by atoms with Gasteiger partial charge >= 0.3 is 0 Å². The second-order valence-electron chi connectivity index (χ2n) is 5.96. The summed E-state index contributed by atoms with van der Waals surface area (Å²) in [6, 6.07) is 15.7. The van der Waals surface area contributed by atoms with Gasteiger partial charge in [-0.15, -0.1) is 0 Å². The number of ether oxygens (including phenoxy) is 1. The predicted molar refractivity (Wildman–Crippen MR) is 107 cm³/mol. The van der Waals surface area contributed by atoms with Crippen LogP contribution in [0.25, 0.3) is 0 Å². The Morgan fingerprint density at radius 2 is 1.64 bits per heavy atom. The molecule has 3 rings (SSSR count). The highest BCUT2D eigenvalue weighted by molar-refractivity contribution is 6.03. The van der Waals surface area contributed by atoms with Gasteiger partial charge in [-0.2, -0.15) is 0 Å². The van der Waals surface area contributed by atoms with Gasteiger partial charge in [-0.1, -0.05) is 0 Å². The van der Waals surface area contributed by atoms with Crippen LogP contribution in [-0.2, 0) is 0 Å². The van der Waals surface area contributed by atoms with Gasteiger partial charge in [-0.3, -0.25) is 9.59 Å². The summed E-state index contributed by atoms with van der Waals surface area (Å²) in [6.07, 6.45) is 1.32. The number of nitrogens with zero attached hydrogens (tertiary/aromatic N) is 2. The predicted octanol–water partition coefficient (Wildman–Crippen LogP) is 4.07. The summed E-state index contributed by atoms with van der Waals surface area (Å²) >= 11 is 0. The first-order chi connectivity index (χ1) is 13.5. The van der Waals surface area contributed by atoms with E-state index in [2.05, 4.69) is 20.6 Å². The summed E-state index contributed by atoms with van der Waals surface area (Å²) in [5, 5.41) is 5.88. The molecule has 0 radical (unpaired) electrons. The highest BCUT2D eigenvalue weighted by Gasteiger charge is 2.10. The fourth-order valence-electron chi connectivity index (χ4n) is 2.48. The molecule has 0 saturated heterocycles. The van der Waals surface area contributed by atoms with E-state index in [0.29, 0.717) is 23.7 Å². The molecule has 0 fully saturated rings. The Labute approximate surface area is 162 Å². The molecule has 1 heterocycles. The molecule has 2 N–H and O–H groups in total. The van der Waals surface area contributed by atoms with E-state index in [0.717, 1.165) is 11.4 Å². The van der Waals surface area contributed by atoms with Gasteiger partial charge in [0.1, 0.15) is 23.6 Å². The van der Waals surface area contributed by atoms with Gasteiger partial charge in [-0.25, -0.2) is 9.97 Å². The summed E-state index contributed by atoms with van der Waals surface area (Å²) in [4.78, 5) is 32.0. The van der Waals surface area contributed by atoms with Crippen LogP contribution in [0.3, 0.4) is 0 Å². The number of carbonyl (C=O) groups is 2. The minimum absolute atomic E-state index is 0.00170. The quantitative estimate of drug-likeness (QED) is 0.604. The van der Waals surface area contributed by atoms with Crippen molar-refractivity contribution in [2.75, 3.05) is 17.2 Å². The van der Waals surface area contributed by atoms with Crippen LogP contribution in [0.1, 0.15) is 34.7 Å². The van der Waals surface area contributed by atoms with Gasteiger partial charge in [0.2, 0.25) is 0 Å². The van der Waals surface area contributed by atoms with Crippen LogP contribution in [0.2, 0.25) is 0 Å². The zero-order chi connectivity index (χ0) is 19.9. The summed E-state index contributed by atoms with van der Waals surface area (Å²) in [5.41, 5.74) is 2.25. The lowest BCUT2D eigenvalue weighted by atomic mass is 10.1. The lowest BCUT2D eigenvalue weighted by Crippen LogP contribution is -2.14. The van der Waals surface area contributed by atoms with E-state index in [1.165, 1.54) is 13.3 Å². The Kier molecular flexibility index (Phi) is 5.96. The minimum atomic E-state index is -0.346. The highest BCUT2D eigenvalue weighted by atomic mass is 16.5. The first-order valence-electron chi connectivity index (χ1n) is 8.79. The Morgan fingerprint density at radius 3 is 2.29 bits per heavy atom. The summed E-state index contributed by atoms with van der Waals surface area (Å²) in [6.45, 7) is 4.01. The maximum Gasteiger partial charge on any atom is 0.274 e. The van der Waals surface area contributed by atoms with Crippen molar-refractivity contribution < 1.29 is 14.3 Å². The van der Waals surface area contributed by atoms with Crippen molar-refractivity contribution in [1.82, 2.24) is 9.97 Å². The van der Waals surface area contributed by atoms with E-state index < -0.39 is 0 Å². The topological polar surface area (TPSA) is 93.2 Å². The van der Waals surface area contributed by atoms with Crippen LogP contribution < -0.4 is 15.4 Å². The number of anilines is 3. The number of amides is 1. The molecular formula is C21H20N4O3. The van der Waals surface area contributed by atoms with Crippen LogP contribution in [0, 0.1) is 0 Å². The van der Waals surface area contributed by atoms with Crippen molar-refractivity contribution in [3.05, 3.63) is 72.2 Å². The van der Waals surface area contributed by atoms with Crippen LogP contribution in [0.4, 0.5) is 17.2 Å². The second-order valence-corrected chi connectivity index (χ2v) is 5.96. The lowest BCUT2D eigenvalue weighted by molar-refractivity contribution is 0.101. The highest BCUT2D eigenvalue weighted by Crippen LogP contribution is 2.18. The van der Waals surface area contributed by atoms with Crippen molar-refractivity contribution in [2.24, 2.45) is 0 Å². The molecule has 0 spiro atoms. The molecular weight excluding hydrogens is 356 g/mol. The largest absolute Gasteiger partial charge is 0.494 e. The lowest BCUT2D eigenvalue weighted by Gasteiger charge is -2.09. The molecule has 28 heavy (non-hydrogen) atoms. The van der Waals surface area contributed by atoms with Gasteiger partial charge < -0.3 is 15.4 Å². The van der Waals surface area contributed by atoms with Crippen molar-refractivity contribution in [3.8, 4) is 5.75 Å². The van der Waals surface area contributed by atoms with E-state index in [1.807, 2.05) is 6.92 Å². The average Bonchev–Trinajstić information content (AvgIpc) is 2.70. The van der Waals surface area contributed by atoms with Crippen LogP contribution in [0.15, 0.2) is 60.9 Å². The normalized spacial score (nSPS) is 10.2. The molecule has 2 aromatic carbocycles. The third-order valence-corrected chi connectivity index (χ3v) is 3.89. The molecule has 0 bridgehead atoms. The first kappa shape index (κ1) is 19.0. The summed E-state index contributed by atoms with van der Waals surface area (Å²) < 4.78 is 5.38. The molecule has 7 nitrogen and oxygen atoms in total. The standard InChI is InChI=1S/C21H20N4O3/c1-3-28-18-10-8-17(9-11-18)25-21(27)19-12-20(23-13-22-19)24-16-6-4-15(5-7-16)14(2)26/h4-13H,3H2,1-2H3,(H,25,27)(H,22,23,24). The van der Waals surface area contributed by atoms with E-state index in [9.17, 15) is 9.59 Å². The number of aromatic nitrogens is 2. The Hall–Kier alpha value is -3.74. The van der Waals surface area contributed by atoms with Gasteiger partial charge in [0.05, 0.1) is 6.61 Å². The zero-order valence-corrected chi connectivity index (χ0v) is 15.6. The molecule has 3 aromatic rings. The molecule has 7 heteroatoms. The fraction of sp³-hybridized carbons (Fsp3) is 0.143. The van der Waals surface area contributed by atoms with Gasteiger partial charge in [0.25, 0.3) is 5.91 Å². The number of nitrogens with one attached hydrogen (secondary N) is 2. The maximum absolute atomic E-state index is 12.5. The number of rotatable bonds is 7. The Bertz CT molecular complexity index is 970. The number of hydrogen-bond donors (Lipinski definition) is 2. The van der Waals surface area contributed by atoms with Gasteiger partial charge in [0.15, 0.2) is 5.78 Å². The van der Waals surface area contributed by atoms with Crippen LogP contribution in [-0.4, -0.2) is 28.3 Å². The van der Waals surface area contributed by atoms with E-state index >= 15 is 0 Å². The number of Topliss-reactive ketones (excluding diaryl/α,β-unsaturated/α-hetero) is 1.